The van der Waals surface area contributed by atoms with Crippen molar-refractivity contribution in [2.45, 2.75) is 19.3 Å². The topological polar surface area (TPSA) is 71.3 Å². The average molecular weight is 310 g/mol. The molecule has 1 aliphatic heterocycles. The number of hydrogen-bond acceptors (Lipinski definition) is 5. The van der Waals surface area contributed by atoms with Crippen LogP contribution in [-0.4, -0.2) is 41.9 Å². The fourth-order valence-electron chi connectivity index (χ4n) is 2.58. The fourth-order valence-corrected chi connectivity index (χ4v) is 2.58. The van der Waals surface area contributed by atoms with Crippen LogP contribution in [0.5, 0.6) is 0 Å². The molecule has 0 radical (unpaired) electrons. The molecule has 6 nitrogen and oxygen atoms in total. The molecule has 1 unspecified atom stereocenters. The molecule has 1 atom stereocenters. The zero-order valence-corrected chi connectivity index (χ0v) is 11.8. The summed E-state index contributed by atoms with van der Waals surface area (Å²) in [6.07, 6.45) is 0.542. The van der Waals surface area contributed by atoms with Crippen LogP contribution < -0.4 is 10.2 Å². The zero-order chi connectivity index (χ0) is 15.5. The Morgan fingerprint density at radius 3 is 3.18 bits per heavy atom. The fraction of sp³-hybridized carbons (Fsp3) is 0.500. The van der Waals surface area contributed by atoms with Gasteiger partial charge in [-0.05, 0) is 25.0 Å². The Balaban J connectivity index is 1.68. The third kappa shape index (κ3) is 3.15. The molecule has 3 rings (SSSR count). The molecule has 0 saturated carbocycles. The molecule has 0 aliphatic carbocycles. The van der Waals surface area contributed by atoms with Crippen molar-refractivity contribution in [3.63, 3.8) is 0 Å². The molecule has 1 N–H and O–H groups in total. The van der Waals surface area contributed by atoms with Crippen molar-refractivity contribution in [2.75, 3.05) is 24.5 Å². The van der Waals surface area contributed by atoms with Gasteiger partial charge in [0.1, 0.15) is 0 Å². The SMILES string of the molecule is O=C(NCC(F)F)C1CCCN(c2nc3ncccc3o2)C1. The Morgan fingerprint density at radius 1 is 1.55 bits per heavy atom. The van der Waals surface area contributed by atoms with Crippen LogP contribution in [0, 0.1) is 5.92 Å². The van der Waals surface area contributed by atoms with E-state index < -0.39 is 13.0 Å². The zero-order valence-electron chi connectivity index (χ0n) is 11.8. The molecule has 8 heteroatoms. The molecular weight excluding hydrogens is 294 g/mol. The van der Waals surface area contributed by atoms with Crippen LogP contribution in [0.15, 0.2) is 22.7 Å². The summed E-state index contributed by atoms with van der Waals surface area (Å²) in [5.74, 6) is -0.685. The second-order valence-electron chi connectivity index (χ2n) is 5.24. The highest BCUT2D eigenvalue weighted by Gasteiger charge is 2.28. The van der Waals surface area contributed by atoms with E-state index in [0.29, 0.717) is 36.8 Å². The number of oxazole rings is 1. The highest BCUT2D eigenvalue weighted by atomic mass is 19.3. The Bertz CT molecular complexity index is 628. The minimum absolute atomic E-state index is 0.338. The summed E-state index contributed by atoms with van der Waals surface area (Å²) >= 11 is 0. The number of alkyl halides is 2. The highest BCUT2D eigenvalue weighted by molar-refractivity contribution is 5.79. The summed E-state index contributed by atoms with van der Waals surface area (Å²) in [4.78, 5) is 22.2. The van der Waals surface area contributed by atoms with Gasteiger partial charge in [-0.25, -0.2) is 13.8 Å². The lowest BCUT2D eigenvalue weighted by atomic mass is 9.97. The first-order valence-electron chi connectivity index (χ1n) is 7.16. The molecule has 0 bridgehead atoms. The number of rotatable bonds is 4. The monoisotopic (exact) mass is 310 g/mol. The van der Waals surface area contributed by atoms with Crippen molar-refractivity contribution in [3.8, 4) is 0 Å². The second kappa shape index (κ2) is 6.25. The summed E-state index contributed by atoms with van der Waals surface area (Å²) in [6, 6.07) is 3.95. The maximum Gasteiger partial charge on any atom is 0.299 e. The molecule has 3 heterocycles. The van der Waals surface area contributed by atoms with E-state index in [-0.39, 0.29) is 11.8 Å². The first-order chi connectivity index (χ1) is 10.6. The average Bonchev–Trinajstić information content (AvgIpc) is 2.96. The van der Waals surface area contributed by atoms with E-state index in [0.717, 1.165) is 6.42 Å². The van der Waals surface area contributed by atoms with Crippen molar-refractivity contribution < 1.29 is 18.0 Å². The number of pyridine rings is 1. The van der Waals surface area contributed by atoms with Gasteiger partial charge < -0.3 is 14.6 Å². The number of amides is 1. The smallest absolute Gasteiger partial charge is 0.299 e. The van der Waals surface area contributed by atoms with E-state index in [1.807, 2.05) is 4.90 Å². The van der Waals surface area contributed by atoms with Crippen LogP contribution in [0.25, 0.3) is 11.2 Å². The Hall–Kier alpha value is -2.25. The van der Waals surface area contributed by atoms with E-state index in [2.05, 4.69) is 15.3 Å². The number of carbonyl (C=O) groups excluding carboxylic acids is 1. The lowest BCUT2D eigenvalue weighted by Gasteiger charge is -2.30. The predicted molar refractivity (Wildman–Crippen MR) is 75.8 cm³/mol. The van der Waals surface area contributed by atoms with E-state index in [1.165, 1.54) is 0 Å². The molecular formula is C14H16F2N4O2. The van der Waals surface area contributed by atoms with Crippen LogP contribution in [0.4, 0.5) is 14.8 Å². The first-order valence-corrected chi connectivity index (χ1v) is 7.16. The molecule has 0 aromatic carbocycles. The third-order valence-corrected chi connectivity index (χ3v) is 3.65. The van der Waals surface area contributed by atoms with E-state index in [9.17, 15) is 13.6 Å². The first kappa shape index (κ1) is 14.7. The summed E-state index contributed by atoms with van der Waals surface area (Å²) < 4.78 is 30.0. The van der Waals surface area contributed by atoms with Crippen LogP contribution in [0.2, 0.25) is 0 Å². The van der Waals surface area contributed by atoms with Crippen LogP contribution >= 0.6 is 0 Å². The van der Waals surface area contributed by atoms with E-state index >= 15 is 0 Å². The number of hydrogen-bond donors (Lipinski definition) is 1. The number of piperidine rings is 1. The van der Waals surface area contributed by atoms with Gasteiger partial charge in [-0.1, -0.05) is 0 Å². The molecule has 22 heavy (non-hydrogen) atoms. The lowest BCUT2D eigenvalue weighted by molar-refractivity contribution is -0.125. The largest absolute Gasteiger partial charge is 0.422 e. The number of anilines is 1. The molecule has 1 amide bonds. The van der Waals surface area contributed by atoms with Gasteiger partial charge in [0, 0.05) is 19.3 Å². The summed E-state index contributed by atoms with van der Waals surface area (Å²) in [7, 11) is 0. The maximum absolute atomic E-state index is 12.2. The van der Waals surface area contributed by atoms with E-state index in [1.54, 1.807) is 18.3 Å². The molecule has 1 aliphatic rings. The van der Waals surface area contributed by atoms with Gasteiger partial charge in [-0.3, -0.25) is 4.79 Å². The van der Waals surface area contributed by atoms with Gasteiger partial charge in [0.05, 0.1) is 12.5 Å². The van der Waals surface area contributed by atoms with Crippen LogP contribution in [0.1, 0.15) is 12.8 Å². The molecule has 118 valence electrons. The van der Waals surface area contributed by atoms with Crippen molar-refractivity contribution in [2.24, 2.45) is 5.92 Å². The third-order valence-electron chi connectivity index (χ3n) is 3.65. The van der Waals surface area contributed by atoms with Crippen molar-refractivity contribution in [3.05, 3.63) is 18.3 Å². The molecule has 1 saturated heterocycles. The second-order valence-corrected chi connectivity index (χ2v) is 5.24. The minimum atomic E-state index is -2.54. The van der Waals surface area contributed by atoms with E-state index in [4.69, 9.17) is 4.42 Å². The summed E-state index contributed by atoms with van der Waals surface area (Å²) in [5, 5.41) is 2.27. The van der Waals surface area contributed by atoms with Crippen molar-refractivity contribution >= 4 is 23.2 Å². The van der Waals surface area contributed by atoms with Crippen LogP contribution in [0.3, 0.4) is 0 Å². The predicted octanol–water partition coefficient (Wildman–Crippen LogP) is 1.82. The van der Waals surface area contributed by atoms with Gasteiger partial charge in [0.15, 0.2) is 5.58 Å². The molecule has 2 aromatic heterocycles. The van der Waals surface area contributed by atoms with Gasteiger partial charge in [0.25, 0.3) is 12.4 Å². The van der Waals surface area contributed by atoms with Crippen molar-refractivity contribution in [1.82, 2.24) is 15.3 Å². The Kier molecular flexibility index (Phi) is 4.17. The standard InChI is InChI=1S/C14H16F2N4O2/c15-11(16)7-18-13(21)9-3-2-6-20(8-9)14-19-12-10(22-14)4-1-5-17-12/h1,4-5,9,11H,2-3,6-8H2,(H,18,21). The summed E-state index contributed by atoms with van der Waals surface area (Å²) in [5.41, 5.74) is 1.10. The van der Waals surface area contributed by atoms with Crippen LogP contribution in [-0.2, 0) is 4.79 Å². The number of nitrogens with one attached hydrogen (secondary N) is 1. The normalized spacial score (nSPS) is 18.9. The number of nitrogens with zero attached hydrogens (tertiary/aromatic N) is 3. The number of fused-ring (bicyclic) bond motifs is 1. The quantitative estimate of drug-likeness (QED) is 0.932. The molecule has 2 aromatic rings. The molecule has 1 fully saturated rings. The van der Waals surface area contributed by atoms with Gasteiger partial charge in [0.2, 0.25) is 11.6 Å². The van der Waals surface area contributed by atoms with Gasteiger partial charge in [-0.15, -0.1) is 0 Å². The Morgan fingerprint density at radius 2 is 2.41 bits per heavy atom. The van der Waals surface area contributed by atoms with Gasteiger partial charge >= 0.3 is 0 Å². The molecule has 0 spiro atoms. The number of aromatic nitrogens is 2. The highest BCUT2D eigenvalue weighted by Crippen LogP contribution is 2.25. The number of carbonyl (C=O) groups is 1. The Labute approximate surface area is 125 Å². The van der Waals surface area contributed by atoms with Gasteiger partial charge in [-0.2, -0.15) is 4.98 Å². The van der Waals surface area contributed by atoms with Crippen molar-refractivity contribution in [1.29, 1.82) is 0 Å². The lowest BCUT2D eigenvalue weighted by Crippen LogP contribution is -2.44. The number of halogens is 2. The minimum Gasteiger partial charge on any atom is -0.422 e. The maximum atomic E-state index is 12.2. The summed E-state index contributed by atoms with van der Waals surface area (Å²) in [6.45, 7) is 0.509.